The lowest BCUT2D eigenvalue weighted by Crippen LogP contribution is -2.24. The molecule has 20 heavy (non-hydrogen) atoms. The Morgan fingerprint density at radius 1 is 1.10 bits per heavy atom. The maximum absolute atomic E-state index is 8.86. The highest BCUT2D eigenvalue weighted by atomic mass is 14.9. The van der Waals surface area contributed by atoms with Gasteiger partial charge in [0.25, 0.3) is 0 Å². The van der Waals surface area contributed by atoms with Crippen LogP contribution in [0.2, 0.25) is 0 Å². The Bertz CT molecular complexity index is 663. The molecule has 0 amide bonds. The van der Waals surface area contributed by atoms with E-state index in [-0.39, 0.29) is 5.41 Å². The second kappa shape index (κ2) is 4.68. The van der Waals surface area contributed by atoms with Gasteiger partial charge in [-0.25, -0.2) is 0 Å². The van der Waals surface area contributed by atoms with Crippen molar-refractivity contribution in [2.24, 2.45) is 5.41 Å². The fourth-order valence-corrected chi connectivity index (χ4v) is 3.07. The summed E-state index contributed by atoms with van der Waals surface area (Å²) in [6, 6.07) is 18.8. The second-order valence-electron chi connectivity index (χ2n) is 6.13. The number of anilines is 1. The predicted molar refractivity (Wildman–Crippen MR) is 81.4 cm³/mol. The van der Waals surface area contributed by atoms with Gasteiger partial charge in [0.05, 0.1) is 17.7 Å². The first kappa shape index (κ1) is 12.7. The van der Waals surface area contributed by atoms with Crippen molar-refractivity contribution in [3.05, 3.63) is 65.2 Å². The highest BCUT2D eigenvalue weighted by Crippen LogP contribution is 2.46. The zero-order valence-electron chi connectivity index (χ0n) is 11.9. The predicted octanol–water partition coefficient (Wildman–Crippen LogP) is 4.29. The van der Waals surface area contributed by atoms with Gasteiger partial charge in [-0.15, -0.1) is 0 Å². The summed E-state index contributed by atoms with van der Waals surface area (Å²) in [6.45, 7) is 4.60. The van der Waals surface area contributed by atoms with E-state index in [1.54, 1.807) is 0 Å². The molecule has 2 aromatic carbocycles. The molecule has 0 heterocycles. The Morgan fingerprint density at radius 3 is 2.50 bits per heavy atom. The Hall–Kier alpha value is -2.27. The lowest BCUT2D eigenvalue weighted by Gasteiger charge is -2.29. The maximum Gasteiger partial charge on any atom is 0.0991 e. The molecule has 1 aliphatic rings. The summed E-state index contributed by atoms with van der Waals surface area (Å²) in [4.78, 5) is 0. The van der Waals surface area contributed by atoms with Crippen LogP contribution in [0.15, 0.2) is 48.5 Å². The van der Waals surface area contributed by atoms with Crippen LogP contribution in [0.25, 0.3) is 0 Å². The van der Waals surface area contributed by atoms with Crippen molar-refractivity contribution >= 4 is 5.69 Å². The molecule has 1 aliphatic carbocycles. The van der Waals surface area contributed by atoms with Crippen molar-refractivity contribution in [2.75, 3.05) is 5.32 Å². The standard InChI is InChI=1S/C18H18N2/c1-18(2)11-14-5-3-4-6-16(14)17(18)20-15-9-7-13(12-19)8-10-15/h3-10,17,20H,11H2,1-2H3. The zero-order valence-corrected chi connectivity index (χ0v) is 11.9. The molecule has 0 saturated heterocycles. The van der Waals surface area contributed by atoms with Crippen molar-refractivity contribution in [3.63, 3.8) is 0 Å². The number of nitrogens with zero attached hydrogens (tertiary/aromatic N) is 1. The van der Waals surface area contributed by atoms with Gasteiger partial charge < -0.3 is 5.32 Å². The van der Waals surface area contributed by atoms with Gasteiger partial charge >= 0.3 is 0 Å². The minimum absolute atomic E-state index is 0.192. The first-order chi connectivity index (χ1) is 9.60. The van der Waals surface area contributed by atoms with Crippen molar-refractivity contribution in [1.29, 1.82) is 5.26 Å². The van der Waals surface area contributed by atoms with Crippen LogP contribution in [0, 0.1) is 16.7 Å². The highest BCUT2D eigenvalue weighted by molar-refractivity contribution is 5.51. The molecule has 1 unspecified atom stereocenters. The summed E-state index contributed by atoms with van der Waals surface area (Å²) in [5.41, 5.74) is 4.78. The number of rotatable bonds is 2. The van der Waals surface area contributed by atoms with Gasteiger partial charge in [-0.3, -0.25) is 0 Å². The molecule has 2 heteroatoms. The molecule has 3 rings (SSSR count). The number of hydrogen-bond acceptors (Lipinski definition) is 2. The molecule has 0 spiro atoms. The summed E-state index contributed by atoms with van der Waals surface area (Å²) < 4.78 is 0. The molecule has 2 nitrogen and oxygen atoms in total. The molecule has 0 radical (unpaired) electrons. The fraction of sp³-hybridized carbons (Fsp3) is 0.278. The molecule has 0 fully saturated rings. The highest BCUT2D eigenvalue weighted by Gasteiger charge is 2.38. The second-order valence-corrected chi connectivity index (χ2v) is 6.13. The minimum Gasteiger partial charge on any atom is -0.378 e. The van der Waals surface area contributed by atoms with Crippen LogP contribution >= 0.6 is 0 Å². The van der Waals surface area contributed by atoms with E-state index in [2.05, 4.69) is 49.5 Å². The van der Waals surface area contributed by atoms with Crippen LogP contribution in [0.3, 0.4) is 0 Å². The average molecular weight is 262 g/mol. The summed E-state index contributed by atoms with van der Waals surface area (Å²) in [6.07, 6.45) is 1.09. The third-order valence-electron chi connectivity index (χ3n) is 4.12. The maximum atomic E-state index is 8.86. The Labute approximate surface area is 120 Å². The van der Waals surface area contributed by atoms with E-state index in [0.717, 1.165) is 12.1 Å². The van der Waals surface area contributed by atoms with E-state index < -0.39 is 0 Å². The Morgan fingerprint density at radius 2 is 1.80 bits per heavy atom. The van der Waals surface area contributed by atoms with Crippen molar-refractivity contribution < 1.29 is 0 Å². The quantitative estimate of drug-likeness (QED) is 0.876. The zero-order chi connectivity index (χ0) is 14.2. The van der Waals surface area contributed by atoms with E-state index in [9.17, 15) is 0 Å². The Balaban J connectivity index is 1.91. The summed E-state index contributed by atoms with van der Waals surface area (Å²) in [7, 11) is 0. The molecule has 0 bridgehead atoms. The summed E-state index contributed by atoms with van der Waals surface area (Å²) in [5, 5.41) is 12.5. The molecular formula is C18H18N2. The van der Waals surface area contributed by atoms with E-state index in [1.807, 2.05) is 24.3 Å². The summed E-state index contributed by atoms with van der Waals surface area (Å²) in [5.74, 6) is 0. The average Bonchev–Trinajstić information content (AvgIpc) is 2.70. The molecule has 1 atom stereocenters. The van der Waals surface area contributed by atoms with Gasteiger partial charge in [0.1, 0.15) is 0 Å². The van der Waals surface area contributed by atoms with Crippen LogP contribution in [0.1, 0.15) is 36.6 Å². The van der Waals surface area contributed by atoms with Crippen LogP contribution in [0.5, 0.6) is 0 Å². The fourth-order valence-electron chi connectivity index (χ4n) is 3.07. The van der Waals surface area contributed by atoms with Gasteiger partial charge in [-0.1, -0.05) is 38.1 Å². The van der Waals surface area contributed by atoms with E-state index >= 15 is 0 Å². The van der Waals surface area contributed by atoms with E-state index in [1.165, 1.54) is 11.1 Å². The first-order valence-electron chi connectivity index (χ1n) is 6.95. The van der Waals surface area contributed by atoms with Crippen LogP contribution in [-0.4, -0.2) is 0 Å². The minimum atomic E-state index is 0.192. The van der Waals surface area contributed by atoms with Crippen molar-refractivity contribution in [1.82, 2.24) is 0 Å². The van der Waals surface area contributed by atoms with E-state index in [4.69, 9.17) is 5.26 Å². The molecule has 0 saturated carbocycles. The third kappa shape index (κ3) is 2.16. The topological polar surface area (TPSA) is 35.8 Å². The van der Waals surface area contributed by atoms with Gasteiger partial charge in [-0.2, -0.15) is 5.26 Å². The van der Waals surface area contributed by atoms with Crippen LogP contribution in [-0.2, 0) is 6.42 Å². The monoisotopic (exact) mass is 262 g/mol. The molecule has 2 aromatic rings. The number of nitrogens with one attached hydrogen (secondary N) is 1. The first-order valence-corrected chi connectivity index (χ1v) is 6.95. The normalized spacial score (nSPS) is 19.1. The van der Waals surface area contributed by atoms with Gasteiger partial charge in [0, 0.05) is 5.69 Å². The van der Waals surface area contributed by atoms with E-state index in [0.29, 0.717) is 11.6 Å². The largest absolute Gasteiger partial charge is 0.378 e. The SMILES string of the molecule is CC1(C)Cc2ccccc2C1Nc1ccc(C#N)cc1. The van der Waals surface area contributed by atoms with Gasteiger partial charge in [0.15, 0.2) is 0 Å². The number of nitriles is 1. The van der Waals surface area contributed by atoms with Crippen LogP contribution in [0.4, 0.5) is 5.69 Å². The Kier molecular flexibility index (Phi) is 2.99. The molecule has 100 valence electrons. The lowest BCUT2D eigenvalue weighted by molar-refractivity contribution is 0.337. The van der Waals surface area contributed by atoms with Crippen LogP contribution < -0.4 is 5.32 Å². The third-order valence-corrected chi connectivity index (χ3v) is 4.12. The van der Waals surface area contributed by atoms with Crippen molar-refractivity contribution in [2.45, 2.75) is 26.3 Å². The molecule has 0 aromatic heterocycles. The number of hydrogen-bond donors (Lipinski definition) is 1. The smallest absolute Gasteiger partial charge is 0.0991 e. The van der Waals surface area contributed by atoms with Crippen molar-refractivity contribution in [3.8, 4) is 6.07 Å². The lowest BCUT2D eigenvalue weighted by atomic mass is 9.85. The molecule has 1 N–H and O–H groups in total. The molecule has 0 aliphatic heterocycles. The van der Waals surface area contributed by atoms with Gasteiger partial charge in [0.2, 0.25) is 0 Å². The van der Waals surface area contributed by atoms with Gasteiger partial charge in [-0.05, 0) is 47.2 Å². The molecular weight excluding hydrogens is 244 g/mol. The summed E-state index contributed by atoms with van der Waals surface area (Å²) >= 11 is 0. The number of fused-ring (bicyclic) bond motifs is 1. The number of benzene rings is 2.